The van der Waals surface area contributed by atoms with Gasteiger partial charge in [-0.3, -0.25) is 19.1 Å². The molecule has 0 unspecified atom stereocenters. The molecule has 0 spiro atoms. The van der Waals surface area contributed by atoms with E-state index in [2.05, 4.69) is 15.3 Å². The minimum atomic E-state index is -1.05. The summed E-state index contributed by atoms with van der Waals surface area (Å²) in [5.74, 6) is -0.525. The lowest BCUT2D eigenvalue weighted by atomic mass is 9.95. The summed E-state index contributed by atoms with van der Waals surface area (Å²) in [5.41, 5.74) is -0.365. The van der Waals surface area contributed by atoms with Crippen molar-refractivity contribution < 1.29 is 14.4 Å². The van der Waals surface area contributed by atoms with Crippen molar-refractivity contribution in [3.8, 4) is 0 Å². The van der Waals surface area contributed by atoms with Crippen LogP contribution in [0.5, 0.6) is 0 Å². The van der Waals surface area contributed by atoms with E-state index >= 15 is 0 Å². The SMILES string of the molecule is CN1C(=O)c2cc(C(=O)N3CCC(N4CCCCC4)CC3)nn2C[C@]1(C)C(=O)NC1CCCCCC1. The molecule has 5 rings (SSSR count). The van der Waals surface area contributed by atoms with E-state index in [1.807, 2.05) is 4.90 Å². The Balaban J connectivity index is 1.25. The number of hydrogen-bond donors (Lipinski definition) is 1. The van der Waals surface area contributed by atoms with Crippen LogP contribution in [0.2, 0.25) is 0 Å². The normalized spacial score (nSPS) is 27.0. The van der Waals surface area contributed by atoms with Crippen LogP contribution in [0.15, 0.2) is 6.07 Å². The second kappa shape index (κ2) is 10.5. The second-order valence-electron chi connectivity index (χ2n) is 11.5. The molecule has 0 radical (unpaired) electrons. The molecule has 198 valence electrons. The largest absolute Gasteiger partial charge is 0.351 e. The number of aromatic nitrogens is 2. The van der Waals surface area contributed by atoms with Gasteiger partial charge in [-0.15, -0.1) is 0 Å². The Bertz CT molecular complexity index is 970. The predicted octanol–water partition coefficient (Wildman–Crippen LogP) is 2.66. The molecule has 1 aliphatic carbocycles. The highest BCUT2D eigenvalue weighted by Gasteiger charge is 2.47. The minimum Gasteiger partial charge on any atom is -0.351 e. The fraction of sp³-hybridized carbons (Fsp3) is 0.778. The molecule has 3 amide bonds. The minimum absolute atomic E-state index is 0.117. The van der Waals surface area contributed by atoms with E-state index in [-0.39, 0.29) is 30.3 Å². The Kier molecular flexibility index (Phi) is 7.37. The highest BCUT2D eigenvalue weighted by Crippen LogP contribution is 2.28. The van der Waals surface area contributed by atoms with Crippen molar-refractivity contribution >= 4 is 17.7 Å². The first kappa shape index (κ1) is 25.2. The van der Waals surface area contributed by atoms with Gasteiger partial charge in [0, 0.05) is 38.3 Å². The summed E-state index contributed by atoms with van der Waals surface area (Å²) >= 11 is 0. The van der Waals surface area contributed by atoms with Crippen molar-refractivity contribution in [1.29, 1.82) is 0 Å². The fourth-order valence-corrected chi connectivity index (χ4v) is 6.48. The number of nitrogens with zero attached hydrogens (tertiary/aromatic N) is 5. The lowest BCUT2D eigenvalue weighted by molar-refractivity contribution is -0.133. The van der Waals surface area contributed by atoms with E-state index in [1.165, 1.54) is 50.1 Å². The first-order chi connectivity index (χ1) is 17.4. The number of likely N-dealkylation sites (tertiary alicyclic amines) is 2. The standard InChI is InChI=1S/C27H42N6O3/c1-27(26(36)28-20-10-6-3-4-7-11-20)19-33-23(25(35)30(27)2)18-22(29-33)24(34)32-16-12-21(13-17-32)31-14-8-5-9-15-31/h18,20-21H,3-17,19H2,1-2H3,(H,28,36)/t27-/m1/s1. The van der Waals surface area contributed by atoms with Gasteiger partial charge in [0.15, 0.2) is 5.69 Å². The molecule has 4 heterocycles. The first-order valence-electron chi connectivity index (χ1n) is 14.1. The second-order valence-corrected chi connectivity index (χ2v) is 11.5. The fourth-order valence-electron chi connectivity index (χ4n) is 6.48. The molecule has 9 nitrogen and oxygen atoms in total. The number of nitrogens with one attached hydrogen (secondary N) is 1. The molecular weight excluding hydrogens is 456 g/mol. The Hall–Kier alpha value is -2.42. The molecule has 0 aromatic carbocycles. The lowest BCUT2D eigenvalue weighted by Crippen LogP contribution is -2.63. The zero-order valence-electron chi connectivity index (χ0n) is 22.0. The summed E-state index contributed by atoms with van der Waals surface area (Å²) < 4.78 is 1.57. The van der Waals surface area contributed by atoms with E-state index in [1.54, 1.807) is 24.7 Å². The summed E-state index contributed by atoms with van der Waals surface area (Å²) in [7, 11) is 1.68. The van der Waals surface area contributed by atoms with Gasteiger partial charge >= 0.3 is 0 Å². The maximum Gasteiger partial charge on any atom is 0.274 e. The Morgan fingerprint density at radius 2 is 1.58 bits per heavy atom. The quantitative estimate of drug-likeness (QED) is 0.645. The molecule has 4 aliphatic rings. The van der Waals surface area contributed by atoms with Crippen LogP contribution in [-0.2, 0) is 11.3 Å². The van der Waals surface area contributed by atoms with Crippen LogP contribution >= 0.6 is 0 Å². The predicted molar refractivity (Wildman–Crippen MR) is 137 cm³/mol. The molecule has 1 saturated carbocycles. The van der Waals surface area contributed by atoms with Crippen LogP contribution in [0.1, 0.15) is 98.5 Å². The molecule has 9 heteroatoms. The van der Waals surface area contributed by atoms with Crippen LogP contribution in [0, 0.1) is 0 Å². The van der Waals surface area contributed by atoms with Crippen molar-refractivity contribution in [3.63, 3.8) is 0 Å². The maximum atomic E-state index is 13.4. The number of amides is 3. The molecule has 1 N–H and O–H groups in total. The summed E-state index contributed by atoms with van der Waals surface area (Å²) in [6, 6.07) is 2.33. The van der Waals surface area contributed by atoms with Crippen LogP contribution in [0.4, 0.5) is 0 Å². The van der Waals surface area contributed by atoms with Crippen LogP contribution in [-0.4, -0.2) is 93.1 Å². The zero-order chi connectivity index (χ0) is 25.3. The molecular formula is C27H42N6O3. The maximum absolute atomic E-state index is 13.4. The Morgan fingerprint density at radius 1 is 0.944 bits per heavy atom. The van der Waals surface area contributed by atoms with E-state index in [0.29, 0.717) is 17.4 Å². The molecule has 1 atom stereocenters. The van der Waals surface area contributed by atoms with Crippen molar-refractivity contribution in [2.75, 3.05) is 33.2 Å². The summed E-state index contributed by atoms with van der Waals surface area (Å²) in [5, 5.41) is 7.76. The average molecular weight is 499 g/mol. The lowest BCUT2D eigenvalue weighted by Gasteiger charge is -2.41. The Labute approximate surface area is 214 Å². The number of rotatable bonds is 4. The molecule has 1 aromatic rings. The summed E-state index contributed by atoms with van der Waals surface area (Å²) in [6.45, 7) is 5.83. The monoisotopic (exact) mass is 498 g/mol. The van der Waals surface area contributed by atoms with E-state index < -0.39 is 5.54 Å². The topological polar surface area (TPSA) is 90.8 Å². The van der Waals surface area contributed by atoms with Gasteiger partial charge < -0.3 is 20.0 Å². The smallest absolute Gasteiger partial charge is 0.274 e. The van der Waals surface area contributed by atoms with Gasteiger partial charge in [0.1, 0.15) is 11.2 Å². The van der Waals surface area contributed by atoms with Crippen molar-refractivity contribution in [1.82, 2.24) is 29.8 Å². The highest BCUT2D eigenvalue weighted by atomic mass is 16.2. The molecule has 36 heavy (non-hydrogen) atoms. The molecule has 3 fully saturated rings. The van der Waals surface area contributed by atoms with Crippen LogP contribution < -0.4 is 5.32 Å². The molecule has 2 saturated heterocycles. The van der Waals surface area contributed by atoms with Gasteiger partial charge in [0.05, 0.1) is 6.54 Å². The number of hydrogen-bond acceptors (Lipinski definition) is 5. The average Bonchev–Trinajstić information content (AvgIpc) is 3.15. The number of piperidine rings is 2. The number of carbonyl (C=O) groups is 3. The third-order valence-corrected chi connectivity index (χ3v) is 9.06. The van der Waals surface area contributed by atoms with Crippen molar-refractivity contribution in [2.45, 2.75) is 102 Å². The Morgan fingerprint density at radius 3 is 2.25 bits per heavy atom. The summed E-state index contributed by atoms with van der Waals surface area (Å²) in [4.78, 5) is 46.0. The van der Waals surface area contributed by atoms with Gasteiger partial charge in [-0.05, 0) is 58.5 Å². The number of fused-ring (bicyclic) bond motifs is 1. The number of likely N-dealkylation sites (N-methyl/N-ethyl adjacent to an activating group) is 1. The highest BCUT2D eigenvalue weighted by molar-refractivity contribution is 6.01. The first-order valence-corrected chi connectivity index (χ1v) is 14.1. The van der Waals surface area contributed by atoms with Gasteiger partial charge in [0.25, 0.3) is 11.8 Å². The zero-order valence-corrected chi connectivity index (χ0v) is 22.0. The third kappa shape index (κ3) is 4.91. The van der Waals surface area contributed by atoms with Gasteiger partial charge in [0.2, 0.25) is 5.91 Å². The third-order valence-electron chi connectivity index (χ3n) is 9.06. The van der Waals surface area contributed by atoms with Crippen molar-refractivity contribution in [2.24, 2.45) is 0 Å². The molecule has 1 aromatic heterocycles. The van der Waals surface area contributed by atoms with Crippen LogP contribution in [0.25, 0.3) is 0 Å². The number of carbonyl (C=O) groups excluding carboxylic acids is 3. The molecule has 0 bridgehead atoms. The van der Waals surface area contributed by atoms with Gasteiger partial charge in [-0.2, -0.15) is 5.10 Å². The van der Waals surface area contributed by atoms with E-state index in [4.69, 9.17) is 0 Å². The summed E-state index contributed by atoms with van der Waals surface area (Å²) in [6.07, 6.45) is 12.5. The van der Waals surface area contributed by atoms with Crippen molar-refractivity contribution in [3.05, 3.63) is 17.5 Å². The molecule has 3 aliphatic heterocycles. The van der Waals surface area contributed by atoms with E-state index in [0.717, 1.165) is 51.6 Å². The van der Waals surface area contributed by atoms with Gasteiger partial charge in [-0.1, -0.05) is 32.1 Å². The van der Waals surface area contributed by atoms with Crippen LogP contribution in [0.3, 0.4) is 0 Å². The van der Waals surface area contributed by atoms with Gasteiger partial charge in [-0.25, -0.2) is 0 Å². The van der Waals surface area contributed by atoms with E-state index in [9.17, 15) is 14.4 Å².